The van der Waals surface area contributed by atoms with Crippen molar-refractivity contribution in [2.45, 2.75) is 6.92 Å². The van der Waals surface area contributed by atoms with Crippen LogP contribution in [0.25, 0.3) is 0 Å². The van der Waals surface area contributed by atoms with E-state index in [2.05, 4.69) is 9.46 Å². The summed E-state index contributed by atoms with van der Waals surface area (Å²) in [4.78, 5) is 11.4. The first-order valence-electron chi connectivity index (χ1n) is 4.75. The van der Waals surface area contributed by atoms with E-state index < -0.39 is 21.7 Å². The molecule has 0 bridgehead atoms. The molecule has 0 aliphatic carbocycles. The lowest BCUT2D eigenvalue weighted by Gasteiger charge is -2.13. The highest BCUT2D eigenvalue weighted by Crippen LogP contribution is 2.36. The van der Waals surface area contributed by atoms with E-state index in [0.29, 0.717) is 5.56 Å². The van der Waals surface area contributed by atoms with E-state index in [-0.39, 0.29) is 16.3 Å². The zero-order valence-electron chi connectivity index (χ0n) is 9.94. The van der Waals surface area contributed by atoms with Crippen molar-refractivity contribution in [2.24, 2.45) is 0 Å². The second-order valence-electron chi connectivity index (χ2n) is 3.63. The number of carbonyl (C=O) groups is 1. The lowest BCUT2D eigenvalue weighted by molar-refractivity contribution is 0.0597. The number of anilines is 1. The molecule has 8 heteroatoms. The molecule has 0 radical (unpaired) electrons. The Morgan fingerprint density at radius 2 is 2.06 bits per heavy atom. The summed E-state index contributed by atoms with van der Waals surface area (Å²) in [6.45, 7) is 1.51. The standard InChI is InChI=1S/C10H12ClNO5S/c1-5-7(12-18(3,15)16)4-6(10(14)17-2)9(13)8(5)11/h4,12-13H,1-3H3. The number of carbonyl (C=O) groups excluding carboxylic acids is 1. The van der Waals surface area contributed by atoms with Gasteiger partial charge in [-0.15, -0.1) is 0 Å². The van der Waals surface area contributed by atoms with Crippen molar-refractivity contribution >= 4 is 33.3 Å². The Morgan fingerprint density at radius 1 is 1.50 bits per heavy atom. The number of esters is 1. The molecule has 0 saturated carbocycles. The Bertz CT molecular complexity index is 597. The number of phenols is 1. The molecule has 0 aliphatic rings. The minimum absolute atomic E-state index is 0.107. The number of aromatic hydroxyl groups is 1. The molecule has 1 rings (SSSR count). The highest BCUT2D eigenvalue weighted by Gasteiger charge is 2.20. The number of rotatable bonds is 3. The van der Waals surface area contributed by atoms with Gasteiger partial charge in [0.15, 0.2) is 0 Å². The average molecular weight is 294 g/mol. The molecule has 0 amide bonds. The van der Waals surface area contributed by atoms with Crippen molar-refractivity contribution < 1.29 is 23.1 Å². The van der Waals surface area contributed by atoms with Gasteiger partial charge in [-0.25, -0.2) is 13.2 Å². The van der Waals surface area contributed by atoms with Crippen LogP contribution >= 0.6 is 11.6 Å². The summed E-state index contributed by atoms with van der Waals surface area (Å²) < 4.78 is 29.0. The number of methoxy groups -OCH3 is 1. The van der Waals surface area contributed by atoms with Gasteiger partial charge in [0.2, 0.25) is 10.0 Å². The molecule has 0 spiro atoms. The van der Waals surface area contributed by atoms with Crippen LogP contribution in [0.5, 0.6) is 5.75 Å². The first-order valence-corrected chi connectivity index (χ1v) is 7.02. The van der Waals surface area contributed by atoms with Gasteiger partial charge in [-0.1, -0.05) is 11.6 Å². The molecular formula is C10H12ClNO5S. The maximum atomic E-state index is 11.4. The Kier molecular flexibility index (Phi) is 4.08. The maximum Gasteiger partial charge on any atom is 0.341 e. The van der Waals surface area contributed by atoms with Crippen molar-refractivity contribution in [3.8, 4) is 5.75 Å². The van der Waals surface area contributed by atoms with E-state index in [9.17, 15) is 18.3 Å². The first-order chi connectivity index (χ1) is 8.17. The van der Waals surface area contributed by atoms with E-state index in [0.717, 1.165) is 13.4 Å². The highest BCUT2D eigenvalue weighted by atomic mass is 35.5. The lowest BCUT2D eigenvalue weighted by Crippen LogP contribution is -2.12. The van der Waals surface area contributed by atoms with Gasteiger partial charge in [-0.3, -0.25) is 4.72 Å². The molecule has 0 atom stereocenters. The molecule has 0 saturated heterocycles. The van der Waals surface area contributed by atoms with Crippen LogP contribution in [0.15, 0.2) is 6.07 Å². The zero-order valence-corrected chi connectivity index (χ0v) is 11.5. The number of benzene rings is 1. The monoisotopic (exact) mass is 293 g/mol. The Hall–Kier alpha value is -1.47. The van der Waals surface area contributed by atoms with Crippen LogP contribution in [-0.2, 0) is 14.8 Å². The van der Waals surface area contributed by atoms with E-state index >= 15 is 0 Å². The van der Waals surface area contributed by atoms with Crippen molar-refractivity contribution in [3.63, 3.8) is 0 Å². The van der Waals surface area contributed by atoms with Gasteiger partial charge in [0, 0.05) is 0 Å². The second-order valence-corrected chi connectivity index (χ2v) is 5.75. The fraction of sp³-hybridized carbons (Fsp3) is 0.300. The van der Waals surface area contributed by atoms with Crippen molar-refractivity contribution in [2.75, 3.05) is 18.1 Å². The van der Waals surface area contributed by atoms with Crippen molar-refractivity contribution in [1.82, 2.24) is 0 Å². The third-order valence-electron chi connectivity index (χ3n) is 2.19. The molecule has 18 heavy (non-hydrogen) atoms. The van der Waals surface area contributed by atoms with Gasteiger partial charge in [0.05, 0.1) is 24.1 Å². The minimum atomic E-state index is -3.52. The Morgan fingerprint density at radius 3 is 2.50 bits per heavy atom. The van der Waals surface area contributed by atoms with Crippen LogP contribution in [0, 0.1) is 6.92 Å². The van der Waals surface area contributed by atoms with Gasteiger partial charge < -0.3 is 9.84 Å². The second kappa shape index (κ2) is 5.03. The smallest absolute Gasteiger partial charge is 0.341 e. The Balaban J connectivity index is 3.46. The number of hydrogen-bond donors (Lipinski definition) is 2. The van der Waals surface area contributed by atoms with Crippen LogP contribution in [0.2, 0.25) is 5.02 Å². The molecule has 0 unspecified atom stereocenters. The quantitative estimate of drug-likeness (QED) is 0.651. The number of ether oxygens (including phenoxy) is 1. The van der Waals surface area contributed by atoms with Gasteiger partial charge in [0.1, 0.15) is 11.3 Å². The van der Waals surface area contributed by atoms with Crippen LogP contribution < -0.4 is 4.72 Å². The molecule has 100 valence electrons. The van der Waals surface area contributed by atoms with E-state index in [1.54, 1.807) is 0 Å². The molecule has 0 aromatic heterocycles. The normalized spacial score (nSPS) is 11.1. The average Bonchev–Trinajstić information content (AvgIpc) is 2.27. The van der Waals surface area contributed by atoms with Crippen LogP contribution in [0.1, 0.15) is 15.9 Å². The van der Waals surface area contributed by atoms with Crippen molar-refractivity contribution in [1.29, 1.82) is 0 Å². The fourth-order valence-electron chi connectivity index (χ4n) is 1.31. The zero-order chi connectivity index (χ0) is 14.1. The summed E-state index contributed by atoms with van der Waals surface area (Å²) in [7, 11) is -2.38. The van der Waals surface area contributed by atoms with Crippen LogP contribution in [0.3, 0.4) is 0 Å². The summed E-state index contributed by atoms with van der Waals surface area (Å²) in [5, 5.41) is 9.59. The molecule has 0 fully saturated rings. The number of halogens is 1. The fourth-order valence-corrected chi connectivity index (χ4v) is 2.12. The summed E-state index contributed by atoms with van der Waals surface area (Å²) in [6, 6.07) is 1.17. The SMILES string of the molecule is COC(=O)c1cc(NS(C)(=O)=O)c(C)c(Cl)c1O. The first kappa shape index (κ1) is 14.6. The van der Waals surface area contributed by atoms with Gasteiger partial charge in [-0.05, 0) is 18.6 Å². The summed E-state index contributed by atoms with van der Waals surface area (Å²) >= 11 is 5.83. The van der Waals surface area contributed by atoms with E-state index in [4.69, 9.17) is 11.6 Å². The van der Waals surface area contributed by atoms with Gasteiger partial charge >= 0.3 is 5.97 Å². The minimum Gasteiger partial charge on any atom is -0.505 e. The number of hydrogen-bond acceptors (Lipinski definition) is 5. The molecule has 0 aliphatic heterocycles. The molecule has 2 N–H and O–H groups in total. The third kappa shape index (κ3) is 3.05. The Labute approximate surface area is 110 Å². The molecule has 1 aromatic carbocycles. The summed E-state index contributed by atoms with van der Waals surface area (Å²) in [6.07, 6.45) is 0.963. The van der Waals surface area contributed by atoms with Crippen molar-refractivity contribution in [3.05, 3.63) is 22.2 Å². The lowest BCUT2D eigenvalue weighted by atomic mass is 10.1. The highest BCUT2D eigenvalue weighted by molar-refractivity contribution is 7.92. The van der Waals surface area contributed by atoms with Gasteiger partial charge in [0.25, 0.3) is 0 Å². The maximum absolute atomic E-state index is 11.4. The number of sulfonamides is 1. The topological polar surface area (TPSA) is 92.7 Å². The van der Waals surface area contributed by atoms with Crippen LogP contribution in [-0.4, -0.2) is 32.9 Å². The predicted molar refractivity (Wildman–Crippen MR) is 67.7 cm³/mol. The summed E-state index contributed by atoms with van der Waals surface area (Å²) in [5.74, 6) is -1.26. The predicted octanol–water partition coefficient (Wildman–Crippen LogP) is 1.51. The molecule has 6 nitrogen and oxygen atoms in total. The summed E-state index contributed by atoms with van der Waals surface area (Å²) in [5.41, 5.74) is 0.215. The van der Waals surface area contributed by atoms with E-state index in [1.165, 1.54) is 13.0 Å². The van der Waals surface area contributed by atoms with Gasteiger partial charge in [-0.2, -0.15) is 0 Å². The van der Waals surface area contributed by atoms with E-state index in [1.807, 2.05) is 0 Å². The third-order valence-corrected chi connectivity index (χ3v) is 3.24. The molecule has 0 heterocycles. The molecular weight excluding hydrogens is 282 g/mol. The number of phenolic OH excluding ortho intramolecular Hbond substituents is 1. The molecule has 1 aromatic rings. The number of nitrogens with one attached hydrogen (secondary N) is 1. The largest absolute Gasteiger partial charge is 0.505 e. The van der Waals surface area contributed by atoms with Crippen LogP contribution in [0.4, 0.5) is 5.69 Å².